The van der Waals surface area contributed by atoms with Crippen LogP contribution in [0.3, 0.4) is 0 Å². The number of aryl methyl sites for hydroxylation is 1. The third-order valence-electron chi connectivity index (χ3n) is 5.03. The van der Waals surface area contributed by atoms with Crippen LogP contribution in [0.1, 0.15) is 22.4 Å². The summed E-state index contributed by atoms with van der Waals surface area (Å²) in [5.74, 6) is -1.09. The third kappa shape index (κ3) is 6.19. The summed E-state index contributed by atoms with van der Waals surface area (Å²) in [6.45, 7) is 2.40. The summed E-state index contributed by atoms with van der Waals surface area (Å²) < 4.78 is 34.4. The highest BCUT2D eigenvalue weighted by Gasteiger charge is 2.14. The number of ether oxygens (including phenoxy) is 1. The van der Waals surface area contributed by atoms with E-state index in [9.17, 15) is 18.4 Å². The molecule has 33 heavy (non-hydrogen) atoms. The molecule has 0 saturated carbocycles. The number of benzene rings is 2. The quantitative estimate of drug-likeness (QED) is 0.496. The van der Waals surface area contributed by atoms with Gasteiger partial charge in [0.2, 0.25) is 0 Å². The molecule has 0 aliphatic carbocycles. The van der Waals surface area contributed by atoms with Gasteiger partial charge in [-0.1, -0.05) is 24.3 Å². The summed E-state index contributed by atoms with van der Waals surface area (Å²) >= 11 is 3.28. The second kappa shape index (κ2) is 10.6. The van der Waals surface area contributed by atoms with Gasteiger partial charge < -0.3 is 19.5 Å². The fourth-order valence-corrected chi connectivity index (χ4v) is 3.53. The summed E-state index contributed by atoms with van der Waals surface area (Å²) in [6.07, 6.45) is 0. The standard InChI is InChI=1S/C24H24BrF2N3O3/c1-15-10-21(33-14-18-8-9-19(26)11-20(18)27)22(25)23(31)30(15)13-17-6-4-16(5-7-17)12-28-24(32)29(2)3/h4-11H,12-14H2,1-3H3,(H,28,32). The van der Waals surface area contributed by atoms with Gasteiger partial charge in [-0.15, -0.1) is 0 Å². The van der Waals surface area contributed by atoms with Crippen molar-refractivity contribution < 1.29 is 18.3 Å². The first-order valence-electron chi connectivity index (χ1n) is 10.2. The normalized spacial score (nSPS) is 10.7. The van der Waals surface area contributed by atoms with Crippen LogP contribution >= 0.6 is 15.9 Å². The van der Waals surface area contributed by atoms with E-state index in [1.807, 2.05) is 24.3 Å². The number of amides is 2. The Balaban J connectivity index is 1.71. The van der Waals surface area contributed by atoms with Crippen molar-refractivity contribution in [3.8, 4) is 5.75 Å². The molecule has 1 aromatic heterocycles. The van der Waals surface area contributed by atoms with E-state index in [1.54, 1.807) is 31.7 Å². The summed E-state index contributed by atoms with van der Waals surface area (Å²) in [6, 6.07) is 12.4. The molecule has 0 saturated heterocycles. The van der Waals surface area contributed by atoms with Crippen molar-refractivity contribution in [3.05, 3.63) is 97.4 Å². The van der Waals surface area contributed by atoms with E-state index < -0.39 is 11.6 Å². The summed E-state index contributed by atoms with van der Waals surface area (Å²) in [5, 5.41) is 2.80. The maximum Gasteiger partial charge on any atom is 0.317 e. The van der Waals surface area contributed by atoms with E-state index in [2.05, 4.69) is 21.2 Å². The van der Waals surface area contributed by atoms with Crippen molar-refractivity contribution >= 4 is 22.0 Å². The molecule has 6 nitrogen and oxygen atoms in total. The van der Waals surface area contributed by atoms with Crippen LogP contribution in [-0.2, 0) is 19.7 Å². The molecule has 3 aromatic rings. The lowest BCUT2D eigenvalue weighted by Crippen LogP contribution is -2.33. The molecule has 1 N–H and O–H groups in total. The molecular weight excluding hydrogens is 496 g/mol. The van der Waals surface area contributed by atoms with Gasteiger partial charge in [-0.05, 0) is 46.1 Å². The Morgan fingerprint density at radius 2 is 1.76 bits per heavy atom. The average molecular weight is 520 g/mol. The van der Waals surface area contributed by atoms with E-state index in [0.29, 0.717) is 18.8 Å². The maximum absolute atomic E-state index is 13.8. The Bertz CT molecular complexity index is 1210. The van der Waals surface area contributed by atoms with Crippen molar-refractivity contribution in [1.29, 1.82) is 0 Å². The molecule has 2 aromatic carbocycles. The van der Waals surface area contributed by atoms with E-state index in [-0.39, 0.29) is 34.0 Å². The summed E-state index contributed by atoms with van der Waals surface area (Å²) in [5.41, 5.74) is 2.42. The Labute approximate surface area is 198 Å². The van der Waals surface area contributed by atoms with Crippen LogP contribution < -0.4 is 15.6 Å². The first-order chi connectivity index (χ1) is 15.7. The number of carbonyl (C=O) groups is 1. The molecule has 0 spiro atoms. The van der Waals surface area contributed by atoms with Gasteiger partial charge in [0, 0.05) is 44.0 Å². The van der Waals surface area contributed by atoms with Crippen molar-refractivity contribution in [1.82, 2.24) is 14.8 Å². The summed E-state index contributed by atoms with van der Waals surface area (Å²) in [7, 11) is 3.35. The second-order valence-corrected chi connectivity index (χ2v) is 8.54. The number of nitrogens with zero attached hydrogens (tertiary/aromatic N) is 2. The molecule has 3 rings (SSSR count). The highest BCUT2D eigenvalue weighted by Crippen LogP contribution is 2.24. The highest BCUT2D eigenvalue weighted by molar-refractivity contribution is 9.10. The molecule has 0 fully saturated rings. The average Bonchev–Trinajstić information content (AvgIpc) is 2.78. The number of carbonyl (C=O) groups excluding carboxylic acids is 1. The predicted octanol–water partition coefficient (Wildman–Crippen LogP) is 4.60. The van der Waals surface area contributed by atoms with Crippen LogP contribution in [0, 0.1) is 18.6 Å². The van der Waals surface area contributed by atoms with Crippen LogP contribution in [0.4, 0.5) is 13.6 Å². The van der Waals surface area contributed by atoms with Crippen LogP contribution in [0.5, 0.6) is 5.75 Å². The number of aromatic nitrogens is 1. The molecule has 0 bridgehead atoms. The number of pyridine rings is 1. The molecule has 0 unspecified atom stereocenters. The largest absolute Gasteiger partial charge is 0.487 e. The zero-order valence-electron chi connectivity index (χ0n) is 18.5. The number of nitrogens with one attached hydrogen (secondary N) is 1. The van der Waals surface area contributed by atoms with E-state index in [4.69, 9.17) is 4.74 Å². The number of hydrogen-bond donors (Lipinski definition) is 1. The second-order valence-electron chi connectivity index (χ2n) is 7.75. The van der Waals surface area contributed by atoms with Crippen molar-refractivity contribution in [2.24, 2.45) is 0 Å². The maximum atomic E-state index is 13.8. The van der Waals surface area contributed by atoms with Gasteiger partial charge in [-0.25, -0.2) is 13.6 Å². The molecule has 0 aliphatic rings. The smallest absolute Gasteiger partial charge is 0.317 e. The van der Waals surface area contributed by atoms with Gasteiger partial charge >= 0.3 is 6.03 Å². The Hall–Kier alpha value is -3.20. The first-order valence-corrected chi connectivity index (χ1v) is 10.9. The van der Waals surface area contributed by atoms with Crippen molar-refractivity contribution in [2.75, 3.05) is 14.1 Å². The fraction of sp³-hybridized carbons (Fsp3) is 0.250. The van der Waals surface area contributed by atoms with Gasteiger partial charge in [0.15, 0.2) is 0 Å². The molecule has 1 heterocycles. The Morgan fingerprint density at radius 1 is 1.09 bits per heavy atom. The van der Waals surface area contributed by atoms with Crippen LogP contribution in [0.15, 0.2) is 57.8 Å². The zero-order chi connectivity index (χ0) is 24.1. The minimum absolute atomic E-state index is 0.139. The Morgan fingerprint density at radius 3 is 2.39 bits per heavy atom. The van der Waals surface area contributed by atoms with Gasteiger partial charge in [0.1, 0.15) is 28.5 Å². The molecule has 0 aliphatic heterocycles. The minimum Gasteiger partial charge on any atom is -0.487 e. The lowest BCUT2D eigenvalue weighted by atomic mass is 10.1. The number of halogens is 3. The lowest BCUT2D eigenvalue weighted by Gasteiger charge is -2.15. The molecule has 9 heteroatoms. The van der Waals surface area contributed by atoms with E-state index in [1.165, 1.54) is 11.0 Å². The summed E-state index contributed by atoms with van der Waals surface area (Å²) in [4.78, 5) is 26.0. The van der Waals surface area contributed by atoms with Crippen LogP contribution in [0.25, 0.3) is 0 Å². The molecule has 174 valence electrons. The molecular formula is C24H24BrF2N3O3. The fourth-order valence-electron chi connectivity index (χ4n) is 3.09. The highest BCUT2D eigenvalue weighted by atomic mass is 79.9. The monoisotopic (exact) mass is 519 g/mol. The predicted molar refractivity (Wildman–Crippen MR) is 125 cm³/mol. The van der Waals surface area contributed by atoms with Gasteiger partial charge in [0.25, 0.3) is 5.56 Å². The van der Waals surface area contributed by atoms with Crippen LogP contribution in [0.2, 0.25) is 0 Å². The van der Waals surface area contributed by atoms with Gasteiger partial charge in [-0.3, -0.25) is 4.79 Å². The van der Waals surface area contributed by atoms with E-state index in [0.717, 1.165) is 23.3 Å². The van der Waals surface area contributed by atoms with Crippen LogP contribution in [-0.4, -0.2) is 29.6 Å². The number of rotatable bonds is 7. The molecule has 2 amide bonds. The lowest BCUT2D eigenvalue weighted by molar-refractivity contribution is 0.217. The van der Waals surface area contributed by atoms with Gasteiger partial charge in [-0.2, -0.15) is 0 Å². The first kappa shape index (κ1) is 24.4. The molecule has 0 radical (unpaired) electrons. The Kier molecular flexibility index (Phi) is 7.86. The number of hydrogen-bond acceptors (Lipinski definition) is 3. The SMILES string of the molecule is Cc1cc(OCc2ccc(F)cc2F)c(Br)c(=O)n1Cc1ccc(CNC(=O)N(C)C)cc1. The topological polar surface area (TPSA) is 63.6 Å². The van der Waals surface area contributed by atoms with E-state index >= 15 is 0 Å². The van der Waals surface area contributed by atoms with Gasteiger partial charge in [0.05, 0.1) is 6.54 Å². The van der Waals surface area contributed by atoms with Crippen molar-refractivity contribution in [2.45, 2.75) is 26.6 Å². The zero-order valence-corrected chi connectivity index (χ0v) is 20.1. The number of urea groups is 1. The third-order valence-corrected chi connectivity index (χ3v) is 5.76. The minimum atomic E-state index is -0.707. The van der Waals surface area contributed by atoms with Crippen molar-refractivity contribution in [3.63, 3.8) is 0 Å². The molecule has 0 atom stereocenters.